The SMILES string of the molecule is CC=CC=Cc1ccc(N(CCCC)CCCC)cc1OC. The molecule has 0 spiro atoms. The van der Waals surface area contributed by atoms with Crippen molar-refractivity contribution in [2.45, 2.75) is 46.5 Å². The Bertz CT molecular complexity index is 469. The zero-order valence-corrected chi connectivity index (χ0v) is 14.6. The van der Waals surface area contributed by atoms with Gasteiger partial charge >= 0.3 is 0 Å². The van der Waals surface area contributed by atoms with Gasteiger partial charge in [0.05, 0.1) is 7.11 Å². The predicted octanol–water partition coefficient (Wildman–Crippen LogP) is 5.69. The van der Waals surface area contributed by atoms with Crippen LogP contribution in [0.3, 0.4) is 0 Å². The molecule has 0 aliphatic heterocycles. The first-order valence-electron chi connectivity index (χ1n) is 8.49. The smallest absolute Gasteiger partial charge is 0.128 e. The minimum absolute atomic E-state index is 0.941. The molecule has 0 bridgehead atoms. The number of hydrogen-bond acceptors (Lipinski definition) is 2. The zero-order valence-electron chi connectivity index (χ0n) is 14.6. The molecule has 122 valence electrons. The highest BCUT2D eigenvalue weighted by Crippen LogP contribution is 2.27. The molecule has 0 atom stereocenters. The summed E-state index contributed by atoms with van der Waals surface area (Å²) in [5.41, 5.74) is 2.39. The Morgan fingerprint density at radius 1 is 1.05 bits per heavy atom. The van der Waals surface area contributed by atoms with Gasteiger partial charge in [-0.05, 0) is 31.9 Å². The van der Waals surface area contributed by atoms with Crippen molar-refractivity contribution in [1.29, 1.82) is 0 Å². The number of methoxy groups -OCH3 is 1. The summed E-state index contributed by atoms with van der Waals surface area (Å²) in [6.45, 7) is 8.74. The van der Waals surface area contributed by atoms with E-state index in [1.807, 2.05) is 25.2 Å². The van der Waals surface area contributed by atoms with Gasteiger partial charge in [-0.2, -0.15) is 0 Å². The highest BCUT2D eigenvalue weighted by molar-refractivity contribution is 5.64. The molecule has 0 heterocycles. The quantitative estimate of drug-likeness (QED) is 0.515. The Hall–Kier alpha value is -1.70. The third kappa shape index (κ3) is 5.97. The van der Waals surface area contributed by atoms with Crippen molar-refractivity contribution >= 4 is 11.8 Å². The van der Waals surface area contributed by atoms with Gasteiger partial charge in [0.15, 0.2) is 0 Å². The zero-order chi connectivity index (χ0) is 16.2. The summed E-state index contributed by atoms with van der Waals surface area (Å²) < 4.78 is 5.57. The van der Waals surface area contributed by atoms with Gasteiger partial charge in [-0.25, -0.2) is 0 Å². The molecule has 0 radical (unpaired) electrons. The van der Waals surface area contributed by atoms with Gasteiger partial charge in [0, 0.05) is 30.4 Å². The van der Waals surface area contributed by atoms with E-state index in [1.165, 1.54) is 31.4 Å². The maximum Gasteiger partial charge on any atom is 0.128 e. The summed E-state index contributed by atoms with van der Waals surface area (Å²) in [5, 5.41) is 0. The first-order valence-corrected chi connectivity index (χ1v) is 8.49. The molecule has 2 heteroatoms. The number of benzene rings is 1. The van der Waals surface area contributed by atoms with Crippen LogP contribution in [0.1, 0.15) is 52.0 Å². The van der Waals surface area contributed by atoms with E-state index in [0.29, 0.717) is 0 Å². The van der Waals surface area contributed by atoms with Crippen molar-refractivity contribution in [3.63, 3.8) is 0 Å². The van der Waals surface area contributed by atoms with Crippen LogP contribution in [0.4, 0.5) is 5.69 Å². The molecule has 2 nitrogen and oxygen atoms in total. The average Bonchev–Trinajstić information content (AvgIpc) is 2.55. The monoisotopic (exact) mass is 301 g/mol. The lowest BCUT2D eigenvalue weighted by Gasteiger charge is -2.25. The van der Waals surface area contributed by atoms with E-state index < -0.39 is 0 Å². The van der Waals surface area contributed by atoms with Gasteiger partial charge in [0.25, 0.3) is 0 Å². The fourth-order valence-corrected chi connectivity index (χ4v) is 2.37. The van der Waals surface area contributed by atoms with Gasteiger partial charge in [-0.1, -0.05) is 51.0 Å². The fraction of sp³-hybridized carbons (Fsp3) is 0.500. The van der Waals surface area contributed by atoms with Gasteiger partial charge < -0.3 is 9.64 Å². The number of allylic oxidation sites excluding steroid dienone is 3. The topological polar surface area (TPSA) is 12.5 Å². The molecule has 0 N–H and O–H groups in total. The largest absolute Gasteiger partial charge is 0.496 e. The second-order valence-corrected chi connectivity index (χ2v) is 5.51. The van der Waals surface area contributed by atoms with E-state index >= 15 is 0 Å². The standard InChI is InChI=1S/C20H31NO/c1-5-8-11-12-18-13-14-19(17-20(18)22-4)21(15-9-6-2)16-10-7-3/h5,8,11-14,17H,6-7,9-10,15-16H2,1-4H3. The Kier molecular flexibility index (Phi) is 9.13. The Labute approximate surface area is 136 Å². The number of anilines is 1. The predicted molar refractivity (Wildman–Crippen MR) is 98.9 cm³/mol. The van der Waals surface area contributed by atoms with Gasteiger partial charge in [-0.15, -0.1) is 0 Å². The first-order chi connectivity index (χ1) is 10.8. The van der Waals surface area contributed by atoms with Crippen LogP contribution in [0, 0.1) is 0 Å². The molecule has 0 amide bonds. The lowest BCUT2D eigenvalue weighted by atomic mass is 10.1. The highest BCUT2D eigenvalue weighted by Gasteiger charge is 2.08. The van der Waals surface area contributed by atoms with Crippen molar-refractivity contribution in [1.82, 2.24) is 0 Å². The van der Waals surface area contributed by atoms with Gasteiger partial charge in [0.1, 0.15) is 5.75 Å². The van der Waals surface area contributed by atoms with Gasteiger partial charge in [0.2, 0.25) is 0 Å². The van der Waals surface area contributed by atoms with E-state index in [-0.39, 0.29) is 0 Å². The summed E-state index contributed by atoms with van der Waals surface area (Å²) in [5.74, 6) is 0.941. The van der Waals surface area contributed by atoms with E-state index in [9.17, 15) is 0 Å². The summed E-state index contributed by atoms with van der Waals surface area (Å²) in [7, 11) is 1.74. The van der Waals surface area contributed by atoms with Crippen molar-refractivity contribution in [3.05, 3.63) is 42.0 Å². The summed E-state index contributed by atoms with van der Waals surface area (Å²) in [6.07, 6.45) is 13.1. The third-order valence-electron chi connectivity index (χ3n) is 3.72. The van der Waals surface area contributed by atoms with Crippen LogP contribution >= 0.6 is 0 Å². The molecule has 0 fully saturated rings. The molecular formula is C20H31NO. The normalized spacial score (nSPS) is 11.5. The minimum atomic E-state index is 0.941. The molecule has 0 aromatic heterocycles. The van der Waals surface area contributed by atoms with E-state index in [0.717, 1.165) is 24.4 Å². The Balaban J connectivity index is 2.96. The maximum atomic E-state index is 5.57. The maximum absolute atomic E-state index is 5.57. The average molecular weight is 301 g/mol. The lowest BCUT2D eigenvalue weighted by molar-refractivity contribution is 0.414. The minimum Gasteiger partial charge on any atom is -0.496 e. The molecule has 0 aliphatic rings. The number of nitrogens with zero attached hydrogens (tertiary/aromatic N) is 1. The highest BCUT2D eigenvalue weighted by atomic mass is 16.5. The van der Waals surface area contributed by atoms with E-state index in [4.69, 9.17) is 4.74 Å². The molecule has 1 aromatic carbocycles. The molecule has 1 rings (SSSR count). The van der Waals surface area contributed by atoms with Crippen molar-refractivity contribution in [2.75, 3.05) is 25.1 Å². The third-order valence-corrected chi connectivity index (χ3v) is 3.72. The molecule has 0 saturated carbocycles. The molecule has 0 aliphatic carbocycles. The van der Waals surface area contributed by atoms with Crippen LogP contribution in [0.2, 0.25) is 0 Å². The Morgan fingerprint density at radius 3 is 2.27 bits per heavy atom. The second-order valence-electron chi connectivity index (χ2n) is 5.51. The summed E-state index contributed by atoms with van der Waals surface area (Å²) in [4.78, 5) is 2.48. The molecule has 0 unspecified atom stereocenters. The number of rotatable bonds is 10. The number of hydrogen-bond donors (Lipinski definition) is 0. The van der Waals surface area contributed by atoms with E-state index in [1.54, 1.807) is 7.11 Å². The van der Waals surface area contributed by atoms with Crippen molar-refractivity contribution < 1.29 is 4.74 Å². The lowest BCUT2D eigenvalue weighted by Crippen LogP contribution is -2.25. The van der Waals surface area contributed by atoms with E-state index in [2.05, 4.69) is 43.0 Å². The van der Waals surface area contributed by atoms with Crippen LogP contribution in [0.25, 0.3) is 6.08 Å². The number of unbranched alkanes of at least 4 members (excludes halogenated alkanes) is 2. The van der Waals surface area contributed by atoms with Crippen LogP contribution in [0.5, 0.6) is 5.75 Å². The molecule has 22 heavy (non-hydrogen) atoms. The van der Waals surface area contributed by atoms with Crippen LogP contribution in [0.15, 0.2) is 36.4 Å². The molecule has 0 saturated heterocycles. The van der Waals surface area contributed by atoms with Crippen molar-refractivity contribution in [2.24, 2.45) is 0 Å². The summed E-state index contributed by atoms with van der Waals surface area (Å²) >= 11 is 0. The van der Waals surface area contributed by atoms with Crippen LogP contribution < -0.4 is 9.64 Å². The van der Waals surface area contributed by atoms with Crippen molar-refractivity contribution in [3.8, 4) is 5.75 Å². The summed E-state index contributed by atoms with van der Waals surface area (Å²) in [6, 6.07) is 6.53. The molecular weight excluding hydrogens is 270 g/mol. The molecule has 1 aromatic rings. The fourth-order valence-electron chi connectivity index (χ4n) is 2.37. The second kappa shape index (κ2) is 10.9. The van der Waals surface area contributed by atoms with Crippen LogP contribution in [-0.2, 0) is 0 Å². The van der Waals surface area contributed by atoms with Crippen LogP contribution in [-0.4, -0.2) is 20.2 Å². The first kappa shape index (κ1) is 18.3. The number of ether oxygens (including phenoxy) is 1. The van der Waals surface area contributed by atoms with Gasteiger partial charge in [-0.3, -0.25) is 0 Å². The Morgan fingerprint density at radius 2 is 1.73 bits per heavy atom.